The summed E-state index contributed by atoms with van der Waals surface area (Å²) in [4.78, 5) is 15.1. The molecule has 4 heteroatoms. The molecule has 0 amide bonds. The molecular weight excluding hydrogens is 350 g/mol. The molecule has 0 aromatic heterocycles. The fraction of sp³-hybridized carbons (Fsp3) is 0.542. The van der Waals surface area contributed by atoms with E-state index in [1.807, 2.05) is 12.1 Å². The third kappa shape index (κ3) is 3.18. The van der Waals surface area contributed by atoms with Gasteiger partial charge in [0, 0.05) is 42.3 Å². The van der Waals surface area contributed by atoms with Crippen LogP contribution < -0.4 is 0 Å². The molecular formula is C24H31NO3. The first kappa shape index (κ1) is 19.6. The Hall–Kier alpha value is -1.75. The highest BCUT2D eigenvalue weighted by Gasteiger charge is 2.60. The fourth-order valence-corrected chi connectivity index (χ4v) is 5.43. The van der Waals surface area contributed by atoms with E-state index in [0.29, 0.717) is 25.9 Å². The SMILES string of the molecule is CC(C)(C)N1CC2(CO)CC(=O)CC(Cc3ccc4ccccc4c3)(C1)C2O. The van der Waals surface area contributed by atoms with Crippen molar-refractivity contribution in [3.8, 4) is 0 Å². The normalized spacial score (nSPS) is 31.3. The molecule has 2 aromatic rings. The van der Waals surface area contributed by atoms with Gasteiger partial charge < -0.3 is 10.2 Å². The lowest BCUT2D eigenvalue weighted by atomic mass is 9.54. The van der Waals surface area contributed by atoms with Gasteiger partial charge in [-0.2, -0.15) is 0 Å². The molecule has 28 heavy (non-hydrogen) atoms. The average molecular weight is 382 g/mol. The fourth-order valence-electron chi connectivity index (χ4n) is 5.43. The number of ketones is 1. The molecule has 2 aromatic carbocycles. The first-order chi connectivity index (χ1) is 13.2. The van der Waals surface area contributed by atoms with E-state index in [9.17, 15) is 15.0 Å². The summed E-state index contributed by atoms with van der Waals surface area (Å²) in [5.74, 6) is 0.161. The Morgan fingerprint density at radius 2 is 1.68 bits per heavy atom. The number of piperidine rings is 1. The van der Waals surface area contributed by atoms with Gasteiger partial charge in [0.05, 0.1) is 12.7 Å². The van der Waals surface area contributed by atoms with Crippen LogP contribution >= 0.6 is 0 Å². The Bertz CT molecular complexity index is 902. The van der Waals surface area contributed by atoms with E-state index in [2.05, 4.69) is 56.0 Å². The second kappa shape index (κ2) is 6.65. The monoisotopic (exact) mass is 381 g/mol. The van der Waals surface area contributed by atoms with Crippen molar-refractivity contribution in [2.45, 2.75) is 51.7 Å². The van der Waals surface area contributed by atoms with Crippen molar-refractivity contribution in [2.75, 3.05) is 19.7 Å². The molecule has 150 valence electrons. The van der Waals surface area contributed by atoms with Crippen molar-refractivity contribution in [1.82, 2.24) is 4.90 Å². The third-order valence-corrected chi connectivity index (χ3v) is 6.90. The van der Waals surface area contributed by atoms with E-state index >= 15 is 0 Å². The summed E-state index contributed by atoms with van der Waals surface area (Å²) in [5, 5.41) is 24.0. The van der Waals surface area contributed by atoms with Crippen LogP contribution in [0.25, 0.3) is 10.8 Å². The van der Waals surface area contributed by atoms with Gasteiger partial charge >= 0.3 is 0 Å². The van der Waals surface area contributed by atoms with Gasteiger partial charge in [-0.1, -0.05) is 42.5 Å². The van der Waals surface area contributed by atoms with Crippen LogP contribution in [-0.2, 0) is 11.2 Å². The predicted molar refractivity (Wildman–Crippen MR) is 111 cm³/mol. The van der Waals surface area contributed by atoms with Crippen LogP contribution in [-0.4, -0.2) is 52.2 Å². The highest BCUT2D eigenvalue weighted by Crippen LogP contribution is 2.52. The number of rotatable bonds is 3. The maximum Gasteiger partial charge on any atom is 0.134 e. The molecule has 1 heterocycles. The van der Waals surface area contributed by atoms with Crippen molar-refractivity contribution in [3.63, 3.8) is 0 Å². The topological polar surface area (TPSA) is 60.8 Å². The smallest absolute Gasteiger partial charge is 0.134 e. The van der Waals surface area contributed by atoms with Gasteiger partial charge in [0.25, 0.3) is 0 Å². The Kier molecular flexibility index (Phi) is 4.65. The van der Waals surface area contributed by atoms with E-state index < -0.39 is 16.9 Å². The van der Waals surface area contributed by atoms with E-state index in [1.54, 1.807) is 0 Å². The lowest BCUT2D eigenvalue weighted by Gasteiger charge is -2.61. The summed E-state index contributed by atoms with van der Waals surface area (Å²) >= 11 is 0. The van der Waals surface area contributed by atoms with E-state index in [-0.39, 0.29) is 24.3 Å². The van der Waals surface area contributed by atoms with Crippen LogP contribution in [0.5, 0.6) is 0 Å². The molecule has 2 N–H and O–H groups in total. The number of carbonyl (C=O) groups is 1. The van der Waals surface area contributed by atoms with E-state index in [0.717, 1.165) is 5.56 Å². The third-order valence-electron chi connectivity index (χ3n) is 6.90. The zero-order valence-corrected chi connectivity index (χ0v) is 17.1. The summed E-state index contributed by atoms with van der Waals surface area (Å²) in [5.41, 5.74) is -0.283. The van der Waals surface area contributed by atoms with Gasteiger partial charge in [0.2, 0.25) is 0 Å². The maximum absolute atomic E-state index is 12.7. The van der Waals surface area contributed by atoms with Crippen molar-refractivity contribution in [1.29, 1.82) is 0 Å². The van der Waals surface area contributed by atoms with E-state index in [1.165, 1.54) is 10.8 Å². The Morgan fingerprint density at radius 1 is 1.04 bits per heavy atom. The number of likely N-dealkylation sites (tertiary alicyclic amines) is 1. The zero-order chi connectivity index (χ0) is 20.2. The summed E-state index contributed by atoms with van der Waals surface area (Å²) in [6.07, 6.45) is 0.582. The highest BCUT2D eigenvalue weighted by atomic mass is 16.3. The standard InChI is InChI=1S/C24H31NO3/c1-22(2,3)25-14-23(12-20(27)13-24(15-25,16-26)21(23)28)11-17-8-9-18-6-4-5-7-19(18)10-17/h4-10,21,26,28H,11-16H2,1-3H3. The molecule has 3 unspecified atom stereocenters. The minimum Gasteiger partial charge on any atom is -0.396 e. The molecule has 1 saturated heterocycles. The zero-order valence-electron chi connectivity index (χ0n) is 17.1. The second-order valence-electron chi connectivity index (χ2n) is 10.1. The van der Waals surface area contributed by atoms with Gasteiger partial charge in [-0.15, -0.1) is 0 Å². The molecule has 1 aliphatic heterocycles. The number of aliphatic hydroxyl groups is 2. The Morgan fingerprint density at radius 3 is 2.36 bits per heavy atom. The quantitative estimate of drug-likeness (QED) is 0.857. The number of hydrogen-bond donors (Lipinski definition) is 2. The van der Waals surface area contributed by atoms with Gasteiger partial charge in [-0.3, -0.25) is 9.69 Å². The van der Waals surface area contributed by atoms with Crippen LogP contribution in [0.2, 0.25) is 0 Å². The number of aliphatic hydroxyl groups excluding tert-OH is 2. The molecule has 1 saturated carbocycles. The van der Waals surface area contributed by atoms with Crippen molar-refractivity contribution < 1.29 is 15.0 Å². The minimum atomic E-state index is -0.766. The molecule has 4 rings (SSSR count). The lowest BCUT2D eigenvalue weighted by Crippen LogP contribution is -2.70. The van der Waals surface area contributed by atoms with Gasteiger partial charge in [0.15, 0.2) is 0 Å². The highest BCUT2D eigenvalue weighted by molar-refractivity contribution is 5.83. The molecule has 2 bridgehead atoms. The number of hydrogen-bond acceptors (Lipinski definition) is 4. The van der Waals surface area contributed by atoms with Crippen molar-refractivity contribution in [3.05, 3.63) is 48.0 Å². The maximum atomic E-state index is 12.7. The van der Waals surface area contributed by atoms with Gasteiger partial charge in [-0.25, -0.2) is 0 Å². The second-order valence-corrected chi connectivity index (χ2v) is 10.1. The number of fused-ring (bicyclic) bond motifs is 3. The summed E-state index contributed by atoms with van der Waals surface area (Å²) < 4.78 is 0. The first-order valence-corrected chi connectivity index (χ1v) is 10.2. The predicted octanol–water partition coefficient (Wildman–Crippen LogP) is 3.19. The number of nitrogens with zero attached hydrogens (tertiary/aromatic N) is 1. The van der Waals surface area contributed by atoms with Gasteiger partial charge in [-0.05, 0) is 43.5 Å². The van der Waals surface area contributed by atoms with Crippen LogP contribution in [0.4, 0.5) is 0 Å². The molecule has 2 fully saturated rings. The van der Waals surface area contributed by atoms with Crippen molar-refractivity contribution >= 4 is 16.6 Å². The lowest BCUT2D eigenvalue weighted by molar-refractivity contribution is -0.195. The van der Waals surface area contributed by atoms with Crippen molar-refractivity contribution in [2.24, 2.45) is 10.8 Å². The Balaban J connectivity index is 1.76. The molecule has 0 radical (unpaired) electrons. The van der Waals surface area contributed by atoms with Crippen LogP contribution in [0.1, 0.15) is 39.2 Å². The minimum absolute atomic E-state index is 0.0877. The van der Waals surface area contributed by atoms with Crippen LogP contribution in [0, 0.1) is 10.8 Å². The molecule has 1 aliphatic carbocycles. The summed E-state index contributed by atoms with van der Waals surface area (Å²) in [6.45, 7) is 7.55. The van der Waals surface area contributed by atoms with E-state index in [4.69, 9.17) is 0 Å². The molecule has 3 atom stereocenters. The van der Waals surface area contributed by atoms with Crippen LogP contribution in [0.3, 0.4) is 0 Å². The Labute approximate surface area is 167 Å². The summed E-state index contributed by atoms with van der Waals surface area (Å²) in [6, 6.07) is 14.6. The number of carbonyl (C=O) groups excluding carboxylic acids is 1. The molecule has 2 aliphatic rings. The number of benzene rings is 2. The first-order valence-electron chi connectivity index (χ1n) is 10.2. The molecule has 0 spiro atoms. The van der Waals surface area contributed by atoms with Gasteiger partial charge in [0.1, 0.15) is 5.78 Å². The largest absolute Gasteiger partial charge is 0.396 e. The molecule has 4 nitrogen and oxygen atoms in total. The van der Waals surface area contributed by atoms with Crippen LogP contribution in [0.15, 0.2) is 42.5 Å². The summed E-state index contributed by atoms with van der Waals surface area (Å²) in [7, 11) is 0. The number of Topliss-reactive ketones (excluding diaryl/α,β-unsaturated/α-hetero) is 1. The average Bonchev–Trinajstić information content (AvgIpc) is 2.63.